The third-order valence-electron chi connectivity index (χ3n) is 13.3. The maximum Gasteiger partial charge on any atom is 0.416 e. The first kappa shape index (κ1) is 46.8. The lowest BCUT2D eigenvalue weighted by molar-refractivity contribution is -0.141. The van der Waals surface area contributed by atoms with Crippen LogP contribution in [-0.4, -0.2) is 106 Å². The molecule has 18 heteroatoms. The predicted molar refractivity (Wildman–Crippen MR) is 250 cm³/mol. The van der Waals surface area contributed by atoms with Crippen LogP contribution in [0.2, 0.25) is 0 Å². The Morgan fingerprint density at radius 1 is 0.826 bits per heavy atom. The largest absolute Gasteiger partial charge is 0.416 e. The molecule has 9 rings (SSSR count). The van der Waals surface area contributed by atoms with Crippen LogP contribution in [0.5, 0.6) is 0 Å². The van der Waals surface area contributed by atoms with Crippen LogP contribution in [0.25, 0.3) is 22.0 Å². The zero-order valence-corrected chi connectivity index (χ0v) is 37.6. The van der Waals surface area contributed by atoms with E-state index in [9.17, 15) is 37.1 Å². The molecule has 358 valence electrons. The number of ketones is 1. The number of piperazine rings is 1. The van der Waals surface area contributed by atoms with Crippen LogP contribution in [0, 0.1) is 11.7 Å². The average Bonchev–Trinajstić information content (AvgIpc) is 4.01. The smallest absolute Gasteiger partial charge is 0.374 e. The van der Waals surface area contributed by atoms with E-state index in [1.807, 2.05) is 58.3 Å². The molecule has 5 heterocycles. The number of aromatic nitrogens is 3. The first-order valence-corrected chi connectivity index (χ1v) is 23.1. The SMILES string of the molecule is O=C1CCC(Nc2ccc(N3CCN(C(=O)C4CCN(C(=O)Cn5cc(-c6ccc7c(C(=O)C(NCCc8ccc(C(F)(F)F)cc8)c8ccccc8)c[nH]c7c6)cn5)CC4)CC3)c(F)c2)C(=O)N1. The van der Waals surface area contributed by atoms with Crippen LogP contribution in [0.15, 0.2) is 110 Å². The van der Waals surface area contributed by atoms with Gasteiger partial charge in [-0.15, -0.1) is 0 Å². The molecule has 3 aliphatic rings. The van der Waals surface area contributed by atoms with E-state index >= 15 is 4.39 Å². The molecule has 3 aliphatic heterocycles. The second-order valence-electron chi connectivity index (χ2n) is 17.8. The number of aromatic amines is 1. The van der Waals surface area contributed by atoms with Crippen molar-refractivity contribution in [1.29, 1.82) is 0 Å². The van der Waals surface area contributed by atoms with Crippen LogP contribution >= 0.6 is 0 Å². The fraction of sp³-hybridized carbons (Fsp3) is 0.333. The summed E-state index contributed by atoms with van der Waals surface area (Å²) in [5, 5.41) is 13.8. The molecule has 4 amide bonds. The summed E-state index contributed by atoms with van der Waals surface area (Å²) in [6.07, 6.45) is 2.80. The van der Waals surface area contributed by atoms with Crippen molar-refractivity contribution in [3.63, 3.8) is 0 Å². The standard InChI is InChI=1S/C51H51F4N9O5/c52-41-27-38(59-42-13-15-45(65)60-49(42)68)11-14-44(41)61-22-24-63(25-23-61)50(69)34-17-20-62(21-18-34)46(66)31-64-30-36(28-58-64)35-8-12-39-40(29-57-43(39)26-35)48(67)47(33-4-2-1-3-5-33)56-19-16-32-6-9-37(10-7-32)51(53,54)55/h1-12,14,26-30,34,42,47,56-57,59H,13,15-25,31H2,(H,60,65,68). The second kappa shape index (κ2) is 20.1. The van der Waals surface area contributed by atoms with Gasteiger partial charge in [-0.1, -0.05) is 54.6 Å². The van der Waals surface area contributed by atoms with Gasteiger partial charge in [0.2, 0.25) is 23.6 Å². The van der Waals surface area contributed by atoms with Crippen molar-refractivity contribution in [2.45, 2.75) is 56.9 Å². The Bertz CT molecular complexity index is 2850. The molecular formula is C51H51F4N9O5. The van der Waals surface area contributed by atoms with Gasteiger partial charge in [0.1, 0.15) is 18.4 Å². The second-order valence-corrected chi connectivity index (χ2v) is 17.8. The summed E-state index contributed by atoms with van der Waals surface area (Å²) in [4.78, 5) is 73.5. The predicted octanol–water partition coefficient (Wildman–Crippen LogP) is 6.75. The molecule has 4 N–H and O–H groups in total. The van der Waals surface area contributed by atoms with Crippen molar-refractivity contribution >= 4 is 51.7 Å². The van der Waals surface area contributed by atoms with Gasteiger partial charge in [-0.05, 0) is 78.8 Å². The lowest BCUT2D eigenvalue weighted by Gasteiger charge is -2.39. The van der Waals surface area contributed by atoms with Crippen molar-refractivity contribution < 1.29 is 41.5 Å². The molecule has 4 aromatic carbocycles. The Labute approximate surface area is 395 Å². The molecule has 69 heavy (non-hydrogen) atoms. The molecule has 2 atom stereocenters. The number of fused-ring (bicyclic) bond motifs is 1. The molecule has 0 aliphatic carbocycles. The molecule has 0 spiro atoms. The maximum absolute atomic E-state index is 15.3. The molecule has 0 saturated carbocycles. The maximum atomic E-state index is 15.3. The normalized spacial score (nSPS) is 17.5. The third kappa shape index (κ3) is 10.7. The van der Waals surface area contributed by atoms with Crippen LogP contribution in [-0.2, 0) is 38.3 Å². The molecule has 14 nitrogen and oxygen atoms in total. The van der Waals surface area contributed by atoms with Crippen LogP contribution in [0.3, 0.4) is 0 Å². The van der Waals surface area contributed by atoms with Crippen molar-refractivity contribution in [2.75, 3.05) is 56.0 Å². The molecule has 2 unspecified atom stereocenters. The van der Waals surface area contributed by atoms with Gasteiger partial charge in [0, 0.05) is 98.3 Å². The molecule has 6 aromatic rings. The lowest BCUT2D eigenvalue weighted by Crippen LogP contribution is -2.52. The summed E-state index contributed by atoms with van der Waals surface area (Å²) in [6, 6.07) is 23.4. The zero-order valence-electron chi connectivity index (χ0n) is 37.6. The van der Waals surface area contributed by atoms with Gasteiger partial charge in [0.05, 0.1) is 23.5 Å². The zero-order chi connectivity index (χ0) is 48.2. The minimum atomic E-state index is -4.41. The Morgan fingerprint density at radius 2 is 1.58 bits per heavy atom. The third-order valence-corrected chi connectivity index (χ3v) is 13.3. The highest BCUT2D eigenvalue weighted by atomic mass is 19.4. The summed E-state index contributed by atoms with van der Waals surface area (Å²) >= 11 is 0. The summed E-state index contributed by atoms with van der Waals surface area (Å²) in [6.45, 7) is 3.07. The van der Waals surface area contributed by atoms with Crippen molar-refractivity contribution in [3.05, 3.63) is 138 Å². The number of benzene rings is 4. The number of carbonyl (C=O) groups excluding carboxylic acids is 5. The molecule has 2 aromatic heterocycles. The first-order chi connectivity index (χ1) is 33.3. The first-order valence-electron chi connectivity index (χ1n) is 23.1. The van der Waals surface area contributed by atoms with Crippen molar-refractivity contribution in [2.24, 2.45) is 5.92 Å². The highest BCUT2D eigenvalue weighted by Gasteiger charge is 2.34. The molecule has 3 fully saturated rings. The van der Waals surface area contributed by atoms with E-state index < -0.39 is 35.5 Å². The van der Waals surface area contributed by atoms with E-state index in [4.69, 9.17) is 0 Å². The van der Waals surface area contributed by atoms with E-state index in [1.54, 1.807) is 40.3 Å². The van der Waals surface area contributed by atoms with Gasteiger partial charge in [-0.3, -0.25) is 34.0 Å². The lowest BCUT2D eigenvalue weighted by atomic mass is 9.95. The van der Waals surface area contributed by atoms with Crippen molar-refractivity contribution in [1.82, 2.24) is 35.2 Å². The summed E-state index contributed by atoms with van der Waals surface area (Å²) in [5.41, 5.74) is 4.46. The fourth-order valence-corrected chi connectivity index (χ4v) is 9.42. The molecule has 3 saturated heterocycles. The Morgan fingerprint density at radius 3 is 2.29 bits per heavy atom. The molecule has 0 bridgehead atoms. The summed E-state index contributed by atoms with van der Waals surface area (Å²) in [5.74, 6) is -1.63. The average molecular weight is 946 g/mol. The Balaban J connectivity index is 0.750. The van der Waals surface area contributed by atoms with E-state index in [0.717, 1.165) is 39.7 Å². The molecule has 0 radical (unpaired) electrons. The number of piperidine rings is 2. The van der Waals surface area contributed by atoms with Gasteiger partial charge in [0.15, 0.2) is 5.78 Å². The van der Waals surface area contributed by atoms with E-state index in [2.05, 4.69) is 26.0 Å². The van der Waals surface area contributed by atoms with E-state index in [1.165, 1.54) is 18.2 Å². The van der Waals surface area contributed by atoms with E-state index in [-0.39, 0.29) is 42.4 Å². The number of halogens is 4. The van der Waals surface area contributed by atoms with Gasteiger partial charge in [0.25, 0.3) is 0 Å². The van der Waals surface area contributed by atoms with Crippen LogP contribution in [0.1, 0.15) is 58.8 Å². The number of carbonyl (C=O) groups is 5. The number of likely N-dealkylation sites (tertiary alicyclic amines) is 1. The number of hydrogen-bond acceptors (Lipinski definition) is 9. The van der Waals surface area contributed by atoms with Gasteiger partial charge in [-0.25, -0.2) is 4.39 Å². The van der Waals surface area contributed by atoms with E-state index in [0.29, 0.717) is 94.0 Å². The van der Waals surface area contributed by atoms with Crippen molar-refractivity contribution in [3.8, 4) is 11.1 Å². The van der Waals surface area contributed by atoms with Gasteiger partial charge >= 0.3 is 6.18 Å². The summed E-state index contributed by atoms with van der Waals surface area (Å²) < 4.78 is 56.0. The minimum absolute atomic E-state index is 0.0290. The molecular weight excluding hydrogens is 895 g/mol. The number of anilines is 2. The van der Waals surface area contributed by atoms with Crippen LogP contribution in [0.4, 0.5) is 28.9 Å². The number of rotatable bonds is 14. The topological polar surface area (TPSA) is 165 Å². The minimum Gasteiger partial charge on any atom is -0.374 e. The number of imide groups is 1. The fourth-order valence-electron chi connectivity index (χ4n) is 9.42. The van der Waals surface area contributed by atoms with Gasteiger partial charge < -0.3 is 30.3 Å². The van der Waals surface area contributed by atoms with Crippen LogP contribution < -0.4 is 20.9 Å². The highest BCUT2D eigenvalue weighted by Crippen LogP contribution is 2.32. The number of amides is 4. The number of H-pyrrole nitrogens is 1. The number of Topliss-reactive ketones (excluding diaryl/α,β-unsaturated/α-hetero) is 1. The number of hydrogen-bond donors (Lipinski definition) is 4. The van der Waals surface area contributed by atoms with Gasteiger partial charge in [-0.2, -0.15) is 18.3 Å². The highest BCUT2D eigenvalue weighted by molar-refractivity contribution is 6.11. The monoisotopic (exact) mass is 945 g/mol. The Hall–Kier alpha value is -7.34. The number of alkyl halides is 3. The quantitative estimate of drug-likeness (QED) is 0.0526. The Kier molecular flexibility index (Phi) is 13.6. The number of nitrogens with zero attached hydrogens (tertiary/aromatic N) is 5. The summed E-state index contributed by atoms with van der Waals surface area (Å²) in [7, 11) is 0. The number of nitrogens with one attached hydrogen (secondary N) is 4.